The largest absolute Gasteiger partial charge is 0.355 e. The van der Waals surface area contributed by atoms with E-state index >= 15 is 0 Å². The molecule has 1 atom stereocenters. The van der Waals surface area contributed by atoms with Gasteiger partial charge in [-0.2, -0.15) is 0 Å². The minimum atomic E-state index is -0.178. The van der Waals surface area contributed by atoms with Gasteiger partial charge in [0.05, 0.1) is 6.54 Å². The Morgan fingerprint density at radius 2 is 2.20 bits per heavy atom. The number of hydrogen-bond acceptors (Lipinski definition) is 3. The van der Waals surface area contributed by atoms with E-state index in [1.54, 1.807) is 0 Å². The molecule has 5 heteroatoms. The fraction of sp³-hybridized carbons (Fsp3) is 0.800. The molecule has 1 rings (SSSR count). The quantitative estimate of drug-likeness (QED) is 0.570. The van der Waals surface area contributed by atoms with Gasteiger partial charge in [0.2, 0.25) is 11.8 Å². The van der Waals surface area contributed by atoms with Gasteiger partial charge in [0.25, 0.3) is 0 Å². The van der Waals surface area contributed by atoms with Gasteiger partial charge in [-0.1, -0.05) is 0 Å². The van der Waals surface area contributed by atoms with Crippen LogP contribution in [0.4, 0.5) is 0 Å². The summed E-state index contributed by atoms with van der Waals surface area (Å²) in [6.45, 7) is 3.24. The van der Waals surface area contributed by atoms with E-state index in [-0.39, 0.29) is 18.4 Å². The van der Waals surface area contributed by atoms with Crippen molar-refractivity contribution >= 4 is 11.8 Å². The topological polar surface area (TPSA) is 70.2 Å². The molecule has 0 saturated carbocycles. The summed E-state index contributed by atoms with van der Waals surface area (Å²) in [7, 11) is 0. The van der Waals surface area contributed by atoms with Gasteiger partial charge in [-0.05, 0) is 25.8 Å². The van der Waals surface area contributed by atoms with Gasteiger partial charge in [0.15, 0.2) is 0 Å². The van der Waals surface area contributed by atoms with Crippen molar-refractivity contribution in [3.05, 3.63) is 0 Å². The zero-order valence-electron chi connectivity index (χ0n) is 9.14. The number of carbonyl (C=O) groups is 2. The van der Waals surface area contributed by atoms with E-state index in [0.717, 1.165) is 13.0 Å². The van der Waals surface area contributed by atoms with Gasteiger partial charge in [0.1, 0.15) is 0 Å². The Hall–Kier alpha value is -1.10. The Bertz CT molecular complexity index is 225. The molecule has 0 aromatic carbocycles. The minimum absolute atomic E-state index is 0.0768. The number of hydrogen-bond donors (Lipinski definition) is 3. The number of rotatable bonds is 5. The van der Waals surface area contributed by atoms with Gasteiger partial charge in [-0.25, -0.2) is 0 Å². The summed E-state index contributed by atoms with van der Waals surface area (Å²) in [4.78, 5) is 21.7. The normalized spacial score (nSPS) is 19.9. The first-order chi connectivity index (χ1) is 7.18. The van der Waals surface area contributed by atoms with Crippen LogP contribution in [0, 0.1) is 0 Å². The average Bonchev–Trinajstić information content (AvgIpc) is 2.67. The summed E-state index contributed by atoms with van der Waals surface area (Å²) in [5.41, 5.74) is 0. The number of nitrogens with one attached hydrogen (secondary N) is 3. The standard InChI is InChI=1S/C10H19N3O2/c1-8(14)13-7-10(15)12-6-4-9-3-2-5-11-9/h9,11H,2-7H2,1H3,(H,12,15)(H,13,14)/t9-/m0/s1. The maximum atomic E-state index is 11.2. The van der Waals surface area contributed by atoms with E-state index in [4.69, 9.17) is 0 Å². The molecule has 15 heavy (non-hydrogen) atoms. The smallest absolute Gasteiger partial charge is 0.239 e. The van der Waals surface area contributed by atoms with Crippen LogP contribution in [0.15, 0.2) is 0 Å². The van der Waals surface area contributed by atoms with Crippen LogP contribution < -0.4 is 16.0 Å². The first-order valence-electron chi connectivity index (χ1n) is 5.43. The second-order valence-electron chi connectivity index (χ2n) is 3.84. The molecule has 2 amide bonds. The summed E-state index contributed by atoms with van der Waals surface area (Å²) in [6.07, 6.45) is 3.39. The van der Waals surface area contributed by atoms with Gasteiger partial charge in [0, 0.05) is 19.5 Å². The van der Waals surface area contributed by atoms with Gasteiger partial charge < -0.3 is 16.0 Å². The van der Waals surface area contributed by atoms with Crippen LogP contribution in [0.2, 0.25) is 0 Å². The van der Waals surface area contributed by atoms with Gasteiger partial charge in [-0.15, -0.1) is 0 Å². The molecule has 3 N–H and O–H groups in total. The SMILES string of the molecule is CC(=O)NCC(=O)NCC[C@@H]1CCCN1. The van der Waals surface area contributed by atoms with E-state index in [1.165, 1.54) is 19.8 Å². The van der Waals surface area contributed by atoms with E-state index in [0.29, 0.717) is 12.6 Å². The second kappa shape index (κ2) is 6.40. The molecule has 0 aromatic heterocycles. The predicted octanol–water partition coefficient (Wildman–Crippen LogP) is -0.619. The molecule has 0 unspecified atom stereocenters. The maximum absolute atomic E-state index is 11.2. The molecule has 1 aliphatic heterocycles. The first-order valence-corrected chi connectivity index (χ1v) is 5.43. The molecule has 0 aliphatic carbocycles. The molecule has 0 bridgehead atoms. The van der Waals surface area contributed by atoms with Gasteiger partial charge >= 0.3 is 0 Å². The summed E-state index contributed by atoms with van der Waals surface area (Å²) in [6, 6.07) is 0.547. The molecule has 0 spiro atoms. The maximum Gasteiger partial charge on any atom is 0.239 e. The van der Waals surface area contributed by atoms with Crippen molar-refractivity contribution in [3.63, 3.8) is 0 Å². The molecular weight excluding hydrogens is 194 g/mol. The number of carbonyl (C=O) groups excluding carboxylic acids is 2. The third-order valence-corrected chi connectivity index (χ3v) is 2.48. The molecule has 0 radical (unpaired) electrons. The van der Waals surface area contributed by atoms with Gasteiger partial charge in [-0.3, -0.25) is 9.59 Å². The lowest BCUT2D eigenvalue weighted by Crippen LogP contribution is -2.37. The van der Waals surface area contributed by atoms with E-state index in [9.17, 15) is 9.59 Å². The molecule has 5 nitrogen and oxygen atoms in total. The summed E-state index contributed by atoms with van der Waals surface area (Å²) in [5, 5.41) is 8.59. The first kappa shape index (κ1) is 12.0. The highest BCUT2D eigenvalue weighted by molar-refractivity contribution is 5.83. The van der Waals surface area contributed by atoms with Crippen LogP contribution in [0.25, 0.3) is 0 Å². The van der Waals surface area contributed by atoms with Crippen molar-refractivity contribution in [2.75, 3.05) is 19.6 Å². The number of amides is 2. The highest BCUT2D eigenvalue weighted by Gasteiger charge is 2.13. The molecule has 1 saturated heterocycles. The molecule has 1 aliphatic rings. The zero-order valence-corrected chi connectivity index (χ0v) is 9.14. The highest BCUT2D eigenvalue weighted by Crippen LogP contribution is 2.07. The fourth-order valence-corrected chi connectivity index (χ4v) is 1.66. The highest BCUT2D eigenvalue weighted by atomic mass is 16.2. The van der Waals surface area contributed by atoms with Crippen LogP contribution >= 0.6 is 0 Å². The van der Waals surface area contributed by atoms with Crippen molar-refractivity contribution in [1.29, 1.82) is 0 Å². The lowest BCUT2D eigenvalue weighted by Gasteiger charge is -2.10. The lowest BCUT2D eigenvalue weighted by molar-refractivity contribution is -0.125. The molecule has 1 heterocycles. The van der Waals surface area contributed by atoms with Crippen molar-refractivity contribution < 1.29 is 9.59 Å². The Labute approximate surface area is 90.0 Å². The summed E-state index contributed by atoms with van der Waals surface area (Å²) in [5.74, 6) is -0.300. The van der Waals surface area contributed by atoms with Crippen LogP contribution in [0.1, 0.15) is 26.2 Å². The third-order valence-electron chi connectivity index (χ3n) is 2.48. The molecule has 86 valence electrons. The monoisotopic (exact) mass is 213 g/mol. The van der Waals surface area contributed by atoms with E-state index in [1.807, 2.05) is 0 Å². The minimum Gasteiger partial charge on any atom is -0.355 e. The second-order valence-corrected chi connectivity index (χ2v) is 3.84. The Morgan fingerprint density at radius 3 is 2.80 bits per heavy atom. The van der Waals surface area contributed by atoms with Crippen molar-refractivity contribution in [2.45, 2.75) is 32.2 Å². The lowest BCUT2D eigenvalue weighted by atomic mass is 10.1. The van der Waals surface area contributed by atoms with Crippen LogP contribution in [-0.4, -0.2) is 37.5 Å². The average molecular weight is 213 g/mol. The van der Waals surface area contributed by atoms with Crippen molar-refractivity contribution in [3.8, 4) is 0 Å². The molecular formula is C10H19N3O2. The third kappa shape index (κ3) is 5.37. The Balaban J connectivity index is 1.98. The predicted molar refractivity (Wildman–Crippen MR) is 57.3 cm³/mol. The Morgan fingerprint density at radius 1 is 1.40 bits per heavy atom. The summed E-state index contributed by atoms with van der Waals surface area (Å²) >= 11 is 0. The van der Waals surface area contributed by atoms with E-state index in [2.05, 4.69) is 16.0 Å². The van der Waals surface area contributed by atoms with Crippen LogP contribution in [-0.2, 0) is 9.59 Å². The fourth-order valence-electron chi connectivity index (χ4n) is 1.66. The van der Waals surface area contributed by atoms with Crippen molar-refractivity contribution in [1.82, 2.24) is 16.0 Å². The van der Waals surface area contributed by atoms with Crippen LogP contribution in [0.5, 0.6) is 0 Å². The van der Waals surface area contributed by atoms with Crippen LogP contribution in [0.3, 0.4) is 0 Å². The van der Waals surface area contributed by atoms with E-state index < -0.39 is 0 Å². The summed E-state index contributed by atoms with van der Waals surface area (Å²) < 4.78 is 0. The zero-order chi connectivity index (χ0) is 11.1. The Kier molecular flexibility index (Phi) is 5.10. The molecule has 0 aromatic rings. The molecule has 1 fully saturated rings. The van der Waals surface area contributed by atoms with Crippen molar-refractivity contribution in [2.24, 2.45) is 0 Å².